The number of carbonyl (C=O) groups excluding carboxylic acids is 2. The van der Waals surface area contributed by atoms with Crippen LogP contribution in [-0.2, 0) is 9.47 Å². The van der Waals surface area contributed by atoms with Gasteiger partial charge in [0.2, 0.25) is 0 Å². The lowest BCUT2D eigenvalue weighted by molar-refractivity contribution is 0.0556. The van der Waals surface area contributed by atoms with Crippen LogP contribution in [0.3, 0.4) is 0 Å². The largest absolute Gasteiger partial charge is 0.465 e. The summed E-state index contributed by atoms with van der Waals surface area (Å²) in [6.45, 7) is 1.60. The Labute approximate surface area is 116 Å². The number of hydrogen-bond donors (Lipinski definition) is 0. The number of rotatable bonds is 3. The molecule has 5 heteroatoms. The van der Waals surface area contributed by atoms with Gasteiger partial charge in [-0.05, 0) is 6.92 Å². The normalized spacial score (nSPS) is 10.2. The molecule has 0 aliphatic carbocycles. The van der Waals surface area contributed by atoms with Gasteiger partial charge in [-0.3, -0.25) is 0 Å². The average Bonchev–Trinajstić information content (AvgIpc) is 2.84. The summed E-state index contributed by atoms with van der Waals surface area (Å²) in [6, 6.07) is 9.04. The maximum atomic E-state index is 12.0. The molecule has 0 aliphatic rings. The van der Waals surface area contributed by atoms with Crippen LogP contribution in [0.25, 0.3) is 11.3 Å². The van der Waals surface area contributed by atoms with Gasteiger partial charge in [0, 0.05) is 5.56 Å². The molecule has 0 spiro atoms. The fourth-order valence-corrected chi connectivity index (χ4v) is 1.98. The third-order valence-electron chi connectivity index (χ3n) is 2.90. The molecule has 2 rings (SSSR count). The van der Waals surface area contributed by atoms with Crippen LogP contribution in [-0.4, -0.2) is 26.2 Å². The topological polar surface area (TPSA) is 65.7 Å². The number of hydrogen-bond acceptors (Lipinski definition) is 5. The fourth-order valence-electron chi connectivity index (χ4n) is 1.98. The van der Waals surface area contributed by atoms with Crippen molar-refractivity contribution in [2.75, 3.05) is 14.2 Å². The molecule has 0 saturated heterocycles. The predicted octanol–water partition coefficient (Wildman–Crippen LogP) is 2.83. The smallest absolute Gasteiger partial charge is 0.342 e. The zero-order valence-electron chi connectivity index (χ0n) is 11.4. The maximum Gasteiger partial charge on any atom is 0.342 e. The Balaban J connectivity index is 2.70. The number of ether oxygens (including phenoxy) is 2. The third kappa shape index (κ3) is 2.30. The molecule has 20 heavy (non-hydrogen) atoms. The van der Waals surface area contributed by atoms with Crippen LogP contribution in [0.2, 0.25) is 0 Å². The highest BCUT2D eigenvalue weighted by Crippen LogP contribution is 2.32. The highest BCUT2D eigenvalue weighted by atomic mass is 16.5. The Morgan fingerprint density at radius 1 is 0.950 bits per heavy atom. The van der Waals surface area contributed by atoms with Crippen molar-refractivity contribution in [2.24, 2.45) is 0 Å². The molecule has 1 heterocycles. The number of esters is 2. The first-order valence-electron chi connectivity index (χ1n) is 5.95. The van der Waals surface area contributed by atoms with Crippen molar-refractivity contribution in [1.29, 1.82) is 0 Å². The molecule has 0 saturated carbocycles. The minimum Gasteiger partial charge on any atom is -0.465 e. The summed E-state index contributed by atoms with van der Waals surface area (Å²) < 4.78 is 15.0. The minimum atomic E-state index is -0.638. The lowest BCUT2D eigenvalue weighted by Gasteiger charge is -2.03. The van der Waals surface area contributed by atoms with E-state index >= 15 is 0 Å². The van der Waals surface area contributed by atoms with Crippen molar-refractivity contribution in [1.82, 2.24) is 0 Å². The zero-order chi connectivity index (χ0) is 14.7. The molecule has 0 aliphatic heterocycles. The number of carbonyl (C=O) groups is 2. The van der Waals surface area contributed by atoms with Gasteiger partial charge in [0.1, 0.15) is 22.6 Å². The van der Waals surface area contributed by atoms with Gasteiger partial charge in [0.05, 0.1) is 14.2 Å². The maximum absolute atomic E-state index is 12.0. The van der Waals surface area contributed by atoms with Crippen LogP contribution in [0.1, 0.15) is 26.5 Å². The molecule has 5 nitrogen and oxygen atoms in total. The molecule has 2 aromatic rings. The molecular weight excluding hydrogens is 260 g/mol. The van der Waals surface area contributed by atoms with E-state index in [9.17, 15) is 9.59 Å². The highest BCUT2D eigenvalue weighted by molar-refractivity contribution is 6.07. The Hall–Kier alpha value is -2.56. The van der Waals surface area contributed by atoms with E-state index in [-0.39, 0.29) is 11.1 Å². The summed E-state index contributed by atoms with van der Waals surface area (Å²) in [5.41, 5.74) is 0.868. The van der Waals surface area contributed by atoms with Crippen LogP contribution in [0.5, 0.6) is 0 Å². The summed E-state index contributed by atoms with van der Waals surface area (Å²) in [5.74, 6) is -0.651. The summed E-state index contributed by atoms with van der Waals surface area (Å²) in [5, 5.41) is 0. The highest BCUT2D eigenvalue weighted by Gasteiger charge is 2.30. The summed E-state index contributed by atoms with van der Waals surface area (Å²) in [4.78, 5) is 23.8. The molecule has 0 N–H and O–H groups in total. The molecule has 0 fully saturated rings. The van der Waals surface area contributed by atoms with Crippen molar-refractivity contribution in [3.63, 3.8) is 0 Å². The van der Waals surface area contributed by atoms with Crippen LogP contribution in [0.4, 0.5) is 0 Å². The predicted molar refractivity (Wildman–Crippen MR) is 71.6 cm³/mol. The van der Waals surface area contributed by atoms with E-state index in [2.05, 4.69) is 0 Å². The zero-order valence-corrected chi connectivity index (χ0v) is 11.4. The van der Waals surface area contributed by atoms with E-state index in [1.807, 2.05) is 18.2 Å². The van der Waals surface area contributed by atoms with Gasteiger partial charge in [-0.25, -0.2) is 9.59 Å². The second-order valence-corrected chi connectivity index (χ2v) is 4.09. The molecule has 0 bridgehead atoms. The van der Waals surface area contributed by atoms with Gasteiger partial charge in [0.15, 0.2) is 0 Å². The van der Waals surface area contributed by atoms with Crippen LogP contribution >= 0.6 is 0 Å². The molecule has 0 radical (unpaired) electrons. The van der Waals surface area contributed by atoms with Crippen molar-refractivity contribution in [3.05, 3.63) is 47.2 Å². The number of aryl methyl sites for hydroxylation is 1. The van der Waals surface area contributed by atoms with Gasteiger partial charge < -0.3 is 13.9 Å². The molecule has 0 amide bonds. The van der Waals surface area contributed by atoms with Crippen LogP contribution in [0.15, 0.2) is 34.7 Å². The molecular formula is C15H14O5. The SMILES string of the molecule is COC(=O)c1c(C)oc(-c2ccccc2)c1C(=O)OC. The van der Waals surface area contributed by atoms with Gasteiger partial charge in [-0.1, -0.05) is 30.3 Å². The van der Waals surface area contributed by atoms with Crippen molar-refractivity contribution >= 4 is 11.9 Å². The van der Waals surface area contributed by atoms with Crippen LogP contribution in [0, 0.1) is 6.92 Å². The monoisotopic (exact) mass is 274 g/mol. The van der Waals surface area contributed by atoms with Gasteiger partial charge in [-0.15, -0.1) is 0 Å². The van der Waals surface area contributed by atoms with E-state index in [0.717, 1.165) is 0 Å². The van der Waals surface area contributed by atoms with E-state index in [0.29, 0.717) is 17.1 Å². The number of furan rings is 1. The number of methoxy groups -OCH3 is 2. The second-order valence-electron chi connectivity index (χ2n) is 4.09. The molecule has 1 aromatic carbocycles. The summed E-state index contributed by atoms with van der Waals surface area (Å²) in [6.07, 6.45) is 0. The Morgan fingerprint density at radius 2 is 1.50 bits per heavy atom. The van der Waals surface area contributed by atoms with Crippen LogP contribution < -0.4 is 0 Å². The Kier molecular flexibility index (Phi) is 3.89. The van der Waals surface area contributed by atoms with Gasteiger partial charge in [0.25, 0.3) is 0 Å². The molecule has 0 unspecified atom stereocenters. The van der Waals surface area contributed by atoms with Crippen molar-refractivity contribution in [3.8, 4) is 11.3 Å². The standard InChI is InChI=1S/C15H14O5/c1-9-11(14(16)18-2)12(15(17)19-3)13(20-9)10-7-5-4-6-8-10/h4-8H,1-3H3. The molecule has 0 atom stereocenters. The number of benzene rings is 1. The van der Waals surface area contributed by atoms with E-state index in [1.165, 1.54) is 14.2 Å². The summed E-state index contributed by atoms with van der Waals surface area (Å²) >= 11 is 0. The second kappa shape index (κ2) is 5.61. The minimum absolute atomic E-state index is 0.0862. The Bertz CT molecular complexity index is 640. The van der Waals surface area contributed by atoms with E-state index < -0.39 is 11.9 Å². The lowest BCUT2D eigenvalue weighted by atomic mass is 10.0. The van der Waals surface area contributed by atoms with E-state index in [1.54, 1.807) is 19.1 Å². The third-order valence-corrected chi connectivity index (χ3v) is 2.90. The quantitative estimate of drug-likeness (QED) is 0.805. The van der Waals surface area contributed by atoms with E-state index in [4.69, 9.17) is 13.9 Å². The first-order valence-corrected chi connectivity index (χ1v) is 5.95. The molecule has 1 aromatic heterocycles. The fraction of sp³-hybridized carbons (Fsp3) is 0.200. The molecule has 104 valence electrons. The Morgan fingerprint density at radius 3 is 2.05 bits per heavy atom. The lowest BCUT2D eigenvalue weighted by Crippen LogP contribution is -2.11. The first-order chi connectivity index (χ1) is 9.60. The average molecular weight is 274 g/mol. The van der Waals surface area contributed by atoms with Crippen molar-refractivity contribution in [2.45, 2.75) is 6.92 Å². The van der Waals surface area contributed by atoms with Gasteiger partial charge >= 0.3 is 11.9 Å². The first kappa shape index (κ1) is 13.9. The summed E-state index contributed by atoms with van der Waals surface area (Å²) in [7, 11) is 2.50. The van der Waals surface area contributed by atoms with Crippen molar-refractivity contribution < 1.29 is 23.5 Å². The van der Waals surface area contributed by atoms with Gasteiger partial charge in [-0.2, -0.15) is 0 Å².